The number of carbonyl (C=O) groups excluding carboxylic acids is 1. The summed E-state index contributed by atoms with van der Waals surface area (Å²) in [5, 5.41) is 3.87. The van der Waals surface area contributed by atoms with Crippen LogP contribution in [0.25, 0.3) is 0 Å². The summed E-state index contributed by atoms with van der Waals surface area (Å²) < 4.78 is 0. The highest BCUT2D eigenvalue weighted by atomic mass is 35.5. The molecule has 0 bridgehead atoms. The molecule has 2 aliphatic rings. The molecule has 1 N–H and O–H groups in total. The normalized spacial score (nSPS) is 29.6. The van der Waals surface area contributed by atoms with Crippen molar-refractivity contribution in [2.45, 2.75) is 19.4 Å². The molecule has 1 amide bonds. The van der Waals surface area contributed by atoms with Gasteiger partial charge in [0.2, 0.25) is 0 Å². The molecule has 2 saturated heterocycles. The van der Waals surface area contributed by atoms with E-state index in [1.165, 1.54) is 6.20 Å². The monoisotopic (exact) mass is 279 g/mol. The Hall–Kier alpha value is -1.13. The summed E-state index contributed by atoms with van der Waals surface area (Å²) >= 11 is 6.09. The Morgan fingerprint density at radius 1 is 1.58 bits per heavy atom. The molecule has 102 valence electrons. The van der Waals surface area contributed by atoms with Crippen molar-refractivity contribution in [3.8, 4) is 0 Å². The summed E-state index contributed by atoms with van der Waals surface area (Å²) in [5.74, 6) is 1.23. The zero-order valence-corrected chi connectivity index (χ0v) is 11.7. The number of hydrogen-bond acceptors (Lipinski definition) is 3. The largest absolute Gasteiger partial charge is 0.335 e. The van der Waals surface area contributed by atoms with Crippen LogP contribution >= 0.6 is 11.6 Å². The number of pyridine rings is 1. The summed E-state index contributed by atoms with van der Waals surface area (Å²) in [4.78, 5) is 18.6. The van der Waals surface area contributed by atoms with Crippen LogP contribution < -0.4 is 5.32 Å². The van der Waals surface area contributed by atoms with E-state index in [4.69, 9.17) is 11.6 Å². The summed E-state index contributed by atoms with van der Waals surface area (Å²) in [6, 6.07) is 2.04. The minimum absolute atomic E-state index is 0.0497. The first kappa shape index (κ1) is 12.9. The Balaban J connectivity index is 1.86. The van der Waals surface area contributed by atoms with E-state index in [2.05, 4.69) is 17.2 Å². The maximum Gasteiger partial charge on any atom is 0.255 e. The van der Waals surface area contributed by atoms with Crippen molar-refractivity contribution in [2.75, 3.05) is 19.6 Å². The maximum absolute atomic E-state index is 12.7. The predicted octanol–water partition coefficient (Wildman–Crippen LogP) is 1.80. The lowest BCUT2D eigenvalue weighted by atomic mass is 9.93. The standard InChI is InChI=1S/C14H18ClN3O/c1-2-13-11-6-17-5-9(11)8-18(13)14(19)10-3-4-16-7-12(10)15/h3-4,7,9,11,13,17H,2,5-6,8H2,1H3. The molecule has 3 atom stereocenters. The van der Waals surface area contributed by atoms with E-state index in [1.807, 2.05) is 4.90 Å². The van der Waals surface area contributed by atoms with Gasteiger partial charge in [0.15, 0.2) is 0 Å². The summed E-state index contributed by atoms with van der Waals surface area (Å²) in [7, 11) is 0. The van der Waals surface area contributed by atoms with Crippen molar-refractivity contribution in [2.24, 2.45) is 11.8 Å². The fraction of sp³-hybridized carbons (Fsp3) is 0.571. The van der Waals surface area contributed by atoms with E-state index in [0.717, 1.165) is 26.1 Å². The lowest BCUT2D eigenvalue weighted by Gasteiger charge is -2.27. The minimum Gasteiger partial charge on any atom is -0.335 e. The number of nitrogens with zero attached hydrogens (tertiary/aromatic N) is 2. The number of rotatable bonds is 2. The van der Waals surface area contributed by atoms with Gasteiger partial charge in [-0.1, -0.05) is 18.5 Å². The molecule has 1 aromatic rings. The lowest BCUT2D eigenvalue weighted by molar-refractivity contribution is 0.0711. The van der Waals surface area contributed by atoms with Gasteiger partial charge in [0.05, 0.1) is 10.6 Å². The smallest absolute Gasteiger partial charge is 0.255 e. The molecule has 0 aliphatic carbocycles. The molecule has 2 aliphatic heterocycles. The van der Waals surface area contributed by atoms with E-state index >= 15 is 0 Å². The van der Waals surface area contributed by atoms with E-state index in [9.17, 15) is 4.79 Å². The number of amides is 1. The van der Waals surface area contributed by atoms with Crippen LogP contribution in [0.3, 0.4) is 0 Å². The minimum atomic E-state index is 0.0497. The Bertz CT molecular complexity index is 493. The number of likely N-dealkylation sites (tertiary alicyclic amines) is 1. The number of carbonyl (C=O) groups is 1. The Morgan fingerprint density at radius 3 is 3.16 bits per heavy atom. The second kappa shape index (κ2) is 5.10. The predicted molar refractivity (Wildman–Crippen MR) is 74.2 cm³/mol. The first-order chi connectivity index (χ1) is 9.22. The van der Waals surface area contributed by atoms with Crippen molar-refractivity contribution in [3.05, 3.63) is 29.0 Å². The first-order valence-electron chi connectivity index (χ1n) is 6.83. The maximum atomic E-state index is 12.7. The highest BCUT2D eigenvalue weighted by Crippen LogP contribution is 2.35. The molecule has 2 fully saturated rings. The molecule has 19 heavy (non-hydrogen) atoms. The third-order valence-electron chi connectivity index (χ3n) is 4.40. The molecule has 3 heterocycles. The van der Waals surface area contributed by atoms with Crippen molar-refractivity contribution in [1.29, 1.82) is 0 Å². The van der Waals surface area contributed by atoms with Crippen LogP contribution in [0.1, 0.15) is 23.7 Å². The third kappa shape index (κ3) is 2.13. The van der Waals surface area contributed by atoms with Crippen LogP contribution in [0.4, 0.5) is 0 Å². The number of fused-ring (bicyclic) bond motifs is 1. The van der Waals surface area contributed by atoms with E-state index in [0.29, 0.717) is 28.5 Å². The Kier molecular flexibility index (Phi) is 3.46. The molecule has 1 aromatic heterocycles. The van der Waals surface area contributed by atoms with Gasteiger partial charge in [0, 0.05) is 38.1 Å². The number of halogens is 1. The second-order valence-corrected chi connectivity index (χ2v) is 5.78. The summed E-state index contributed by atoms with van der Waals surface area (Å²) in [6.45, 7) is 5.04. The van der Waals surface area contributed by atoms with Crippen LogP contribution in [0.2, 0.25) is 5.02 Å². The molecular formula is C14H18ClN3O. The van der Waals surface area contributed by atoms with E-state index in [-0.39, 0.29) is 5.91 Å². The average molecular weight is 280 g/mol. The van der Waals surface area contributed by atoms with Crippen LogP contribution in [0.15, 0.2) is 18.5 Å². The highest BCUT2D eigenvalue weighted by molar-refractivity contribution is 6.33. The van der Waals surface area contributed by atoms with Crippen molar-refractivity contribution in [3.63, 3.8) is 0 Å². The van der Waals surface area contributed by atoms with Gasteiger partial charge in [-0.15, -0.1) is 0 Å². The number of aromatic nitrogens is 1. The molecule has 0 aromatic carbocycles. The van der Waals surface area contributed by atoms with Gasteiger partial charge in [-0.25, -0.2) is 0 Å². The zero-order chi connectivity index (χ0) is 13.4. The molecule has 3 rings (SSSR count). The Labute approximate surface area is 118 Å². The van der Waals surface area contributed by atoms with Crippen molar-refractivity contribution < 1.29 is 4.79 Å². The third-order valence-corrected chi connectivity index (χ3v) is 4.70. The van der Waals surface area contributed by atoms with Crippen molar-refractivity contribution in [1.82, 2.24) is 15.2 Å². The van der Waals surface area contributed by atoms with Crippen LogP contribution in [0.5, 0.6) is 0 Å². The van der Waals surface area contributed by atoms with Gasteiger partial charge in [0.25, 0.3) is 5.91 Å². The van der Waals surface area contributed by atoms with Crippen LogP contribution in [-0.4, -0.2) is 41.5 Å². The highest BCUT2D eigenvalue weighted by Gasteiger charge is 2.45. The molecule has 4 nitrogen and oxygen atoms in total. The number of hydrogen-bond donors (Lipinski definition) is 1. The van der Waals surface area contributed by atoms with Gasteiger partial charge in [-0.3, -0.25) is 9.78 Å². The lowest BCUT2D eigenvalue weighted by Crippen LogP contribution is -2.39. The van der Waals surface area contributed by atoms with Crippen LogP contribution in [-0.2, 0) is 0 Å². The number of nitrogens with one attached hydrogen (secondary N) is 1. The summed E-state index contributed by atoms with van der Waals surface area (Å²) in [5.41, 5.74) is 0.572. The second-order valence-electron chi connectivity index (χ2n) is 5.37. The Morgan fingerprint density at radius 2 is 2.42 bits per heavy atom. The van der Waals surface area contributed by atoms with Gasteiger partial charge >= 0.3 is 0 Å². The molecular weight excluding hydrogens is 262 g/mol. The quantitative estimate of drug-likeness (QED) is 0.898. The molecule has 0 spiro atoms. The SMILES string of the molecule is CCC1C2CNCC2CN1C(=O)c1ccncc1Cl. The first-order valence-corrected chi connectivity index (χ1v) is 7.21. The zero-order valence-electron chi connectivity index (χ0n) is 11.0. The topological polar surface area (TPSA) is 45.2 Å². The van der Waals surface area contributed by atoms with Gasteiger partial charge < -0.3 is 10.2 Å². The molecule has 0 radical (unpaired) electrons. The fourth-order valence-electron chi connectivity index (χ4n) is 3.48. The van der Waals surface area contributed by atoms with Gasteiger partial charge in [0.1, 0.15) is 0 Å². The van der Waals surface area contributed by atoms with E-state index < -0.39 is 0 Å². The van der Waals surface area contributed by atoms with Gasteiger partial charge in [-0.2, -0.15) is 0 Å². The van der Waals surface area contributed by atoms with Crippen molar-refractivity contribution >= 4 is 17.5 Å². The summed E-state index contributed by atoms with van der Waals surface area (Å²) in [6.07, 6.45) is 4.16. The molecule has 5 heteroatoms. The fourth-order valence-corrected chi connectivity index (χ4v) is 3.68. The molecule has 0 saturated carbocycles. The molecule has 3 unspecified atom stereocenters. The van der Waals surface area contributed by atoms with E-state index in [1.54, 1.807) is 12.3 Å². The average Bonchev–Trinajstić information content (AvgIpc) is 2.98. The van der Waals surface area contributed by atoms with Gasteiger partial charge in [-0.05, 0) is 24.3 Å². The van der Waals surface area contributed by atoms with Crippen LogP contribution in [0, 0.1) is 11.8 Å².